The molecule has 17 heavy (non-hydrogen) atoms. The van der Waals surface area contributed by atoms with Crippen molar-refractivity contribution in [2.45, 2.75) is 26.2 Å². The minimum absolute atomic E-state index is 0.104. The van der Waals surface area contributed by atoms with Gasteiger partial charge in [0, 0.05) is 29.8 Å². The van der Waals surface area contributed by atoms with Crippen LogP contribution < -0.4 is 10.6 Å². The maximum absolute atomic E-state index is 11.5. The third-order valence-corrected chi connectivity index (χ3v) is 3.62. The Balaban J connectivity index is 2.05. The van der Waals surface area contributed by atoms with Crippen molar-refractivity contribution in [2.75, 3.05) is 19.6 Å². The van der Waals surface area contributed by atoms with Gasteiger partial charge in [0.25, 0.3) is 0 Å². The van der Waals surface area contributed by atoms with Crippen LogP contribution >= 0.6 is 22.9 Å². The molecule has 0 fully saturated rings. The van der Waals surface area contributed by atoms with Gasteiger partial charge >= 0.3 is 0 Å². The second-order valence-electron chi connectivity index (χ2n) is 3.83. The zero-order valence-corrected chi connectivity index (χ0v) is 11.7. The van der Waals surface area contributed by atoms with Crippen molar-refractivity contribution < 1.29 is 4.79 Å². The van der Waals surface area contributed by atoms with E-state index in [1.54, 1.807) is 11.3 Å². The van der Waals surface area contributed by atoms with Crippen LogP contribution in [0.15, 0.2) is 11.4 Å². The van der Waals surface area contributed by atoms with E-state index >= 15 is 0 Å². The van der Waals surface area contributed by atoms with Gasteiger partial charge in [-0.25, -0.2) is 0 Å². The fraction of sp³-hybridized carbons (Fsp3) is 0.583. The summed E-state index contributed by atoms with van der Waals surface area (Å²) in [5, 5.41) is 8.78. The highest BCUT2D eigenvalue weighted by Gasteiger charge is 2.03. The van der Waals surface area contributed by atoms with E-state index in [0.717, 1.165) is 35.8 Å². The number of rotatable bonds is 8. The van der Waals surface area contributed by atoms with E-state index in [1.165, 1.54) is 0 Å². The van der Waals surface area contributed by atoms with Crippen LogP contribution in [0, 0.1) is 0 Å². The molecule has 1 heterocycles. The molecule has 0 aromatic carbocycles. The Bertz CT molecular complexity index is 341. The van der Waals surface area contributed by atoms with E-state index in [-0.39, 0.29) is 5.91 Å². The normalized spacial score (nSPS) is 10.5. The highest BCUT2D eigenvalue weighted by Crippen LogP contribution is 2.20. The lowest BCUT2D eigenvalue weighted by Crippen LogP contribution is -2.32. The van der Waals surface area contributed by atoms with Gasteiger partial charge in [0.1, 0.15) is 0 Å². The Labute approximate surface area is 112 Å². The first kappa shape index (κ1) is 14.5. The molecule has 96 valence electrons. The van der Waals surface area contributed by atoms with Crippen molar-refractivity contribution in [3.05, 3.63) is 21.3 Å². The Hall–Kier alpha value is -0.580. The molecule has 0 atom stereocenters. The van der Waals surface area contributed by atoms with Gasteiger partial charge in [0.15, 0.2) is 0 Å². The average molecular weight is 275 g/mol. The summed E-state index contributed by atoms with van der Waals surface area (Å²) in [6, 6.07) is 1.92. The Morgan fingerprint density at radius 1 is 1.41 bits per heavy atom. The summed E-state index contributed by atoms with van der Waals surface area (Å²) in [6.45, 7) is 4.66. The van der Waals surface area contributed by atoms with Crippen LogP contribution in [0.4, 0.5) is 0 Å². The van der Waals surface area contributed by atoms with Crippen molar-refractivity contribution in [1.29, 1.82) is 0 Å². The van der Waals surface area contributed by atoms with Crippen LogP contribution in [0.5, 0.6) is 0 Å². The number of thiophene rings is 1. The second kappa shape index (κ2) is 8.50. The highest BCUT2D eigenvalue weighted by atomic mass is 35.5. The maximum Gasteiger partial charge on any atom is 0.220 e. The molecule has 1 amide bonds. The molecule has 3 nitrogen and oxygen atoms in total. The Kier molecular flexibility index (Phi) is 7.24. The molecular weight excluding hydrogens is 256 g/mol. The standard InChI is InChI=1S/C12H19ClN2OS/c1-2-5-14-6-7-15-12(16)4-3-11-8-10(13)9-17-11/h8-9,14H,2-7H2,1H3,(H,15,16). The van der Waals surface area contributed by atoms with Crippen LogP contribution in [0.3, 0.4) is 0 Å². The summed E-state index contributed by atoms with van der Waals surface area (Å²) in [6.07, 6.45) is 2.42. The lowest BCUT2D eigenvalue weighted by atomic mass is 10.2. The van der Waals surface area contributed by atoms with Gasteiger partial charge in [-0.3, -0.25) is 4.79 Å². The molecule has 1 aromatic rings. The van der Waals surface area contributed by atoms with Gasteiger partial charge in [-0.15, -0.1) is 11.3 Å². The smallest absolute Gasteiger partial charge is 0.220 e. The fourth-order valence-electron chi connectivity index (χ4n) is 1.40. The van der Waals surface area contributed by atoms with Crippen LogP contribution in [-0.2, 0) is 11.2 Å². The van der Waals surface area contributed by atoms with Crippen LogP contribution in [0.25, 0.3) is 0 Å². The summed E-state index contributed by atoms with van der Waals surface area (Å²) in [7, 11) is 0. The number of aryl methyl sites for hydroxylation is 1. The van der Waals surface area contributed by atoms with Gasteiger partial charge < -0.3 is 10.6 Å². The van der Waals surface area contributed by atoms with Crippen molar-refractivity contribution in [3.63, 3.8) is 0 Å². The SMILES string of the molecule is CCCNCCNC(=O)CCc1cc(Cl)cs1. The lowest BCUT2D eigenvalue weighted by molar-refractivity contribution is -0.121. The maximum atomic E-state index is 11.5. The topological polar surface area (TPSA) is 41.1 Å². The van der Waals surface area contributed by atoms with E-state index in [0.29, 0.717) is 13.0 Å². The molecule has 0 aliphatic carbocycles. The summed E-state index contributed by atoms with van der Waals surface area (Å²) in [5.74, 6) is 0.104. The number of carbonyl (C=O) groups is 1. The van der Waals surface area contributed by atoms with Gasteiger partial charge in [-0.2, -0.15) is 0 Å². The lowest BCUT2D eigenvalue weighted by Gasteiger charge is -2.05. The molecule has 0 saturated carbocycles. The molecule has 0 saturated heterocycles. The molecule has 5 heteroatoms. The van der Waals surface area contributed by atoms with Gasteiger partial charge in [-0.05, 0) is 25.5 Å². The number of carbonyl (C=O) groups excluding carboxylic acids is 1. The third-order valence-electron chi connectivity index (χ3n) is 2.27. The molecular formula is C12H19ClN2OS. The van der Waals surface area contributed by atoms with Crippen molar-refractivity contribution >= 4 is 28.8 Å². The fourth-order valence-corrected chi connectivity index (χ4v) is 2.48. The predicted molar refractivity (Wildman–Crippen MR) is 73.8 cm³/mol. The van der Waals surface area contributed by atoms with Gasteiger partial charge in [0.2, 0.25) is 5.91 Å². The molecule has 0 radical (unpaired) electrons. The first-order valence-electron chi connectivity index (χ1n) is 5.92. The number of halogens is 1. The first-order chi connectivity index (χ1) is 8.22. The number of hydrogen-bond acceptors (Lipinski definition) is 3. The van der Waals surface area contributed by atoms with E-state index in [1.807, 2.05) is 11.4 Å². The Morgan fingerprint density at radius 2 is 2.24 bits per heavy atom. The minimum atomic E-state index is 0.104. The van der Waals surface area contributed by atoms with Crippen LogP contribution in [0.1, 0.15) is 24.6 Å². The van der Waals surface area contributed by atoms with E-state index < -0.39 is 0 Å². The summed E-state index contributed by atoms with van der Waals surface area (Å²) in [4.78, 5) is 12.6. The average Bonchev–Trinajstić information content (AvgIpc) is 2.72. The number of amides is 1. The minimum Gasteiger partial charge on any atom is -0.355 e. The predicted octanol–water partition coefficient (Wildman–Crippen LogP) is 2.45. The number of nitrogens with one attached hydrogen (secondary N) is 2. The first-order valence-corrected chi connectivity index (χ1v) is 7.18. The number of hydrogen-bond donors (Lipinski definition) is 2. The monoisotopic (exact) mass is 274 g/mol. The van der Waals surface area contributed by atoms with E-state index in [9.17, 15) is 4.79 Å². The zero-order valence-electron chi connectivity index (χ0n) is 10.1. The largest absolute Gasteiger partial charge is 0.355 e. The van der Waals surface area contributed by atoms with E-state index in [2.05, 4.69) is 17.6 Å². The molecule has 2 N–H and O–H groups in total. The van der Waals surface area contributed by atoms with Crippen LogP contribution in [-0.4, -0.2) is 25.5 Å². The van der Waals surface area contributed by atoms with Crippen molar-refractivity contribution in [2.24, 2.45) is 0 Å². The summed E-state index contributed by atoms with van der Waals surface area (Å²) in [5.41, 5.74) is 0. The summed E-state index contributed by atoms with van der Waals surface area (Å²) < 4.78 is 0. The second-order valence-corrected chi connectivity index (χ2v) is 5.26. The van der Waals surface area contributed by atoms with Gasteiger partial charge in [-0.1, -0.05) is 18.5 Å². The Morgan fingerprint density at radius 3 is 2.88 bits per heavy atom. The third kappa shape index (κ3) is 6.66. The van der Waals surface area contributed by atoms with E-state index in [4.69, 9.17) is 11.6 Å². The molecule has 0 aliphatic heterocycles. The van der Waals surface area contributed by atoms with Gasteiger partial charge in [0.05, 0.1) is 5.02 Å². The van der Waals surface area contributed by atoms with Crippen LogP contribution in [0.2, 0.25) is 5.02 Å². The molecule has 0 bridgehead atoms. The zero-order chi connectivity index (χ0) is 12.5. The summed E-state index contributed by atoms with van der Waals surface area (Å²) >= 11 is 7.41. The molecule has 0 spiro atoms. The molecule has 0 unspecified atom stereocenters. The molecule has 0 aliphatic rings. The molecule has 1 rings (SSSR count). The quantitative estimate of drug-likeness (QED) is 0.715. The van der Waals surface area contributed by atoms with Crippen molar-refractivity contribution in [3.8, 4) is 0 Å². The molecule has 1 aromatic heterocycles. The highest BCUT2D eigenvalue weighted by molar-refractivity contribution is 7.10. The van der Waals surface area contributed by atoms with Crippen molar-refractivity contribution in [1.82, 2.24) is 10.6 Å².